The Morgan fingerprint density at radius 3 is 2.78 bits per heavy atom. The van der Waals surface area contributed by atoms with Crippen LogP contribution < -0.4 is 0 Å². The fraction of sp³-hybridized carbons (Fsp3) is 0.227. The highest BCUT2D eigenvalue weighted by Crippen LogP contribution is 2.34. The number of hydrogen-bond donors (Lipinski definition) is 0. The molecule has 1 atom stereocenters. The number of amides is 1. The number of halogens is 2. The molecule has 8 nitrogen and oxygen atoms in total. The SMILES string of the molecule is Cc1ccc(-n2nccn2)c(C(=O)N2CCCC2c2nc(-c3cccc(F)c3F)no2)c1. The first-order chi connectivity index (χ1) is 15.5. The monoisotopic (exact) mass is 436 g/mol. The second-order valence-corrected chi connectivity index (χ2v) is 7.55. The summed E-state index contributed by atoms with van der Waals surface area (Å²) in [6.45, 7) is 2.39. The molecule has 3 heterocycles. The Morgan fingerprint density at radius 1 is 1.16 bits per heavy atom. The molecule has 1 unspecified atom stereocenters. The van der Waals surface area contributed by atoms with Crippen LogP contribution in [0.2, 0.25) is 0 Å². The maximum Gasteiger partial charge on any atom is 0.256 e. The predicted octanol–water partition coefficient (Wildman–Crippen LogP) is 3.88. The molecule has 2 aromatic heterocycles. The van der Waals surface area contributed by atoms with Crippen LogP contribution >= 0.6 is 0 Å². The third-order valence-electron chi connectivity index (χ3n) is 5.45. The summed E-state index contributed by atoms with van der Waals surface area (Å²) in [5.41, 5.74) is 1.83. The normalized spacial score (nSPS) is 16.0. The van der Waals surface area contributed by atoms with Gasteiger partial charge in [-0.15, -0.1) is 0 Å². The van der Waals surface area contributed by atoms with Gasteiger partial charge in [0.25, 0.3) is 5.91 Å². The minimum Gasteiger partial charge on any atom is -0.337 e. The van der Waals surface area contributed by atoms with E-state index in [2.05, 4.69) is 20.3 Å². The smallest absolute Gasteiger partial charge is 0.256 e. The summed E-state index contributed by atoms with van der Waals surface area (Å²) < 4.78 is 33.1. The Labute approximate surface area is 181 Å². The van der Waals surface area contributed by atoms with Gasteiger partial charge in [0.05, 0.1) is 29.2 Å². The third-order valence-corrected chi connectivity index (χ3v) is 5.45. The average molecular weight is 436 g/mol. The van der Waals surface area contributed by atoms with E-state index in [0.717, 1.165) is 18.1 Å². The first-order valence-electron chi connectivity index (χ1n) is 10.1. The van der Waals surface area contributed by atoms with Crippen molar-refractivity contribution in [3.8, 4) is 17.1 Å². The molecule has 32 heavy (non-hydrogen) atoms. The van der Waals surface area contributed by atoms with Gasteiger partial charge in [-0.25, -0.2) is 8.78 Å². The van der Waals surface area contributed by atoms with Gasteiger partial charge in [0.2, 0.25) is 11.7 Å². The van der Waals surface area contributed by atoms with E-state index in [4.69, 9.17) is 4.52 Å². The highest BCUT2D eigenvalue weighted by atomic mass is 19.2. The molecule has 0 spiro atoms. The van der Waals surface area contributed by atoms with Crippen molar-refractivity contribution in [3.63, 3.8) is 0 Å². The highest BCUT2D eigenvalue weighted by Gasteiger charge is 2.36. The Hall–Kier alpha value is -3.95. The molecule has 0 aliphatic carbocycles. The van der Waals surface area contributed by atoms with Crippen molar-refractivity contribution in [2.24, 2.45) is 0 Å². The van der Waals surface area contributed by atoms with Gasteiger partial charge in [0.1, 0.15) is 6.04 Å². The standard InChI is InChI=1S/C22H18F2N6O2/c1-13-7-8-17(30-25-9-10-26-30)15(12-13)22(31)29-11-3-6-18(29)21-27-20(28-32-21)14-4-2-5-16(23)19(14)24/h2,4-5,7-10,12,18H,3,6,11H2,1H3. The van der Waals surface area contributed by atoms with E-state index >= 15 is 0 Å². The van der Waals surface area contributed by atoms with Crippen molar-refractivity contribution in [1.82, 2.24) is 30.0 Å². The van der Waals surface area contributed by atoms with Crippen LogP contribution in [0.4, 0.5) is 8.78 Å². The lowest BCUT2D eigenvalue weighted by Gasteiger charge is -2.23. The minimum atomic E-state index is -1.05. The Bertz CT molecular complexity index is 1290. The fourth-order valence-corrected chi connectivity index (χ4v) is 3.91. The minimum absolute atomic E-state index is 0.0618. The van der Waals surface area contributed by atoms with Crippen LogP contribution in [-0.2, 0) is 0 Å². The number of aryl methyl sites for hydroxylation is 1. The highest BCUT2D eigenvalue weighted by molar-refractivity contribution is 5.98. The summed E-state index contributed by atoms with van der Waals surface area (Å²) in [6.07, 6.45) is 4.43. The number of carbonyl (C=O) groups is 1. The number of carbonyl (C=O) groups excluding carboxylic acids is 1. The second kappa shape index (κ2) is 7.95. The molecule has 1 fully saturated rings. The Morgan fingerprint density at radius 2 is 1.97 bits per heavy atom. The zero-order chi connectivity index (χ0) is 22.2. The van der Waals surface area contributed by atoms with E-state index in [1.165, 1.54) is 29.3 Å². The number of aromatic nitrogens is 5. The van der Waals surface area contributed by atoms with Gasteiger partial charge in [-0.2, -0.15) is 20.0 Å². The van der Waals surface area contributed by atoms with Crippen LogP contribution in [0.1, 0.15) is 40.7 Å². The van der Waals surface area contributed by atoms with Crippen LogP contribution in [0.5, 0.6) is 0 Å². The molecule has 1 aliphatic heterocycles. The van der Waals surface area contributed by atoms with E-state index in [-0.39, 0.29) is 23.2 Å². The predicted molar refractivity (Wildman–Crippen MR) is 109 cm³/mol. The maximum atomic E-state index is 14.1. The van der Waals surface area contributed by atoms with Crippen molar-refractivity contribution >= 4 is 5.91 Å². The second-order valence-electron chi connectivity index (χ2n) is 7.55. The van der Waals surface area contributed by atoms with Crippen LogP contribution in [0.25, 0.3) is 17.1 Å². The molecule has 1 amide bonds. The summed E-state index contributed by atoms with van der Waals surface area (Å²) in [5.74, 6) is -2.14. The van der Waals surface area contributed by atoms with Crippen molar-refractivity contribution in [3.05, 3.63) is 77.4 Å². The lowest BCUT2D eigenvalue weighted by Crippen LogP contribution is -2.31. The summed E-state index contributed by atoms with van der Waals surface area (Å²) in [4.78, 5) is 20.9. The molecule has 0 bridgehead atoms. The number of likely N-dealkylation sites (tertiary alicyclic amines) is 1. The van der Waals surface area contributed by atoms with E-state index in [1.54, 1.807) is 17.0 Å². The molecule has 0 N–H and O–H groups in total. The number of benzene rings is 2. The Balaban J connectivity index is 1.48. The third kappa shape index (κ3) is 3.43. The van der Waals surface area contributed by atoms with E-state index in [1.807, 2.05) is 13.0 Å². The lowest BCUT2D eigenvalue weighted by atomic mass is 10.1. The molecule has 162 valence electrons. The van der Waals surface area contributed by atoms with Gasteiger partial charge in [0, 0.05) is 6.54 Å². The zero-order valence-electron chi connectivity index (χ0n) is 17.1. The van der Waals surface area contributed by atoms with Gasteiger partial charge < -0.3 is 9.42 Å². The molecular weight excluding hydrogens is 418 g/mol. The first-order valence-corrected chi connectivity index (χ1v) is 10.1. The first kappa shape index (κ1) is 20.0. The molecule has 0 radical (unpaired) electrons. The van der Waals surface area contributed by atoms with Gasteiger partial charge in [-0.3, -0.25) is 4.79 Å². The summed E-state index contributed by atoms with van der Waals surface area (Å²) in [5, 5.41) is 12.1. The van der Waals surface area contributed by atoms with Crippen LogP contribution in [0.15, 0.2) is 53.3 Å². The number of hydrogen-bond acceptors (Lipinski definition) is 6. The summed E-state index contributed by atoms with van der Waals surface area (Å²) in [6, 6.07) is 8.76. The van der Waals surface area contributed by atoms with E-state index in [0.29, 0.717) is 24.2 Å². The van der Waals surface area contributed by atoms with Gasteiger partial charge in [0.15, 0.2) is 11.6 Å². The molecule has 1 saturated heterocycles. The lowest BCUT2D eigenvalue weighted by molar-refractivity contribution is 0.0709. The fourth-order valence-electron chi connectivity index (χ4n) is 3.91. The number of rotatable bonds is 4. The average Bonchev–Trinajstić information content (AvgIpc) is 3.56. The molecule has 5 rings (SSSR count). The van der Waals surface area contributed by atoms with Crippen molar-refractivity contribution in [2.45, 2.75) is 25.8 Å². The van der Waals surface area contributed by atoms with Crippen molar-refractivity contribution in [1.29, 1.82) is 0 Å². The van der Waals surface area contributed by atoms with Crippen molar-refractivity contribution in [2.75, 3.05) is 6.54 Å². The van der Waals surface area contributed by atoms with Gasteiger partial charge in [-0.05, 0) is 44.0 Å². The van der Waals surface area contributed by atoms with E-state index in [9.17, 15) is 13.6 Å². The topological polar surface area (TPSA) is 89.9 Å². The Kier molecular flexibility index (Phi) is 4.96. The van der Waals surface area contributed by atoms with Crippen LogP contribution in [-0.4, -0.2) is 42.5 Å². The van der Waals surface area contributed by atoms with Crippen LogP contribution in [0, 0.1) is 18.6 Å². The largest absolute Gasteiger partial charge is 0.337 e. The van der Waals surface area contributed by atoms with Crippen molar-refractivity contribution < 1.29 is 18.1 Å². The molecular formula is C22H18F2N6O2. The number of nitrogens with zero attached hydrogens (tertiary/aromatic N) is 6. The quantitative estimate of drug-likeness (QED) is 0.482. The maximum absolute atomic E-state index is 14.1. The van der Waals surface area contributed by atoms with Gasteiger partial charge >= 0.3 is 0 Å². The zero-order valence-corrected chi connectivity index (χ0v) is 17.1. The molecule has 10 heteroatoms. The van der Waals surface area contributed by atoms with Crippen LogP contribution in [0.3, 0.4) is 0 Å². The molecule has 0 saturated carbocycles. The van der Waals surface area contributed by atoms with Gasteiger partial charge in [-0.1, -0.05) is 22.9 Å². The molecule has 1 aliphatic rings. The summed E-state index contributed by atoms with van der Waals surface area (Å²) in [7, 11) is 0. The van der Waals surface area contributed by atoms with E-state index < -0.39 is 17.7 Å². The molecule has 2 aromatic carbocycles. The molecule has 4 aromatic rings. The summed E-state index contributed by atoms with van der Waals surface area (Å²) >= 11 is 0.